The summed E-state index contributed by atoms with van der Waals surface area (Å²) >= 11 is 0. The van der Waals surface area contributed by atoms with Crippen molar-refractivity contribution in [2.45, 2.75) is 19.8 Å². The van der Waals surface area contributed by atoms with Gasteiger partial charge in [-0.1, -0.05) is 6.92 Å². The Balaban J connectivity index is 1.63. The van der Waals surface area contributed by atoms with Gasteiger partial charge in [0.25, 0.3) is 0 Å². The first-order chi connectivity index (χ1) is 9.69. The highest BCUT2D eigenvalue weighted by Gasteiger charge is 2.26. The number of hydrogen-bond donors (Lipinski definition) is 2. The molecule has 0 atom stereocenters. The van der Waals surface area contributed by atoms with Crippen LogP contribution in [0.5, 0.6) is 0 Å². The fourth-order valence-corrected chi connectivity index (χ4v) is 2.55. The lowest BCUT2D eigenvalue weighted by Gasteiger charge is -2.36. The number of nitrogens with zero attached hydrogens (tertiary/aromatic N) is 2. The lowest BCUT2D eigenvalue weighted by Crippen LogP contribution is -2.52. The van der Waals surface area contributed by atoms with Gasteiger partial charge in [0.15, 0.2) is 0 Å². The van der Waals surface area contributed by atoms with Gasteiger partial charge in [0.2, 0.25) is 11.8 Å². The highest BCUT2D eigenvalue weighted by molar-refractivity contribution is 5.78. The normalized spacial score (nSPS) is 20.6. The lowest BCUT2D eigenvalue weighted by molar-refractivity contribution is -0.134. The summed E-state index contributed by atoms with van der Waals surface area (Å²) in [6, 6.07) is 0. The number of piperazine rings is 1. The predicted molar refractivity (Wildman–Crippen MR) is 77.3 cm³/mol. The maximum atomic E-state index is 12.1. The summed E-state index contributed by atoms with van der Waals surface area (Å²) in [5.41, 5.74) is 0. The number of hydrogen-bond acceptors (Lipinski definition) is 4. The van der Waals surface area contributed by atoms with E-state index in [0.29, 0.717) is 18.9 Å². The first-order valence-corrected chi connectivity index (χ1v) is 7.66. The van der Waals surface area contributed by atoms with Crippen LogP contribution in [-0.2, 0) is 9.59 Å². The highest BCUT2D eigenvalue weighted by atomic mass is 16.2. The van der Waals surface area contributed by atoms with Crippen molar-refractivity contribution in [3.8, 4) is 0 Å². The molecular formula is C14H26N4O2. The molecule has 2 aliphatic rings. The average Bonchev–Trinajstić information content (AvgIpc) is 2.41. The Kier molecular flexibility index (Phi) is 5.79. The second-order valence-corrected chi connectivity index (χ2v) is 5.74. The molecule has 2 heterocycles. The largest absolute Gasteiger partial charge is 0.355 e. The van der Waals surface area contributed by atoms with Gasteiger partial charge >= 0.3 is 0 Å². The van der Waals surface area contributed by atoms with E-state index in [0.717, 1.165) is 52.2 Å². The maximum Gasteiger partial charge on any atom is 0.234 e. The van der Waals surface area contributed by atoms with Gasteiger partial charge < -0.3 is 15.5 Å². The Bertz CT molecular complexity index is 336. The molecule has 2 aliphatic heterocycles. The highest BCUT2D eigenvalue weighted by Crippen LogP contribution is 2.12. The third kappa shape index (κ3) is 4.45. The number of rotatable bonds is 6. The molecule has 2 rings (SSSR count). The van der Waals surface area contributed by atoms with E-state index in [1.165, 1.54) is 0 Å². The van der Waals surface area contributed by atoms with Gasteiger partial charge in [-0.3, -0.25) is 14.5 Å². The quantitative estimate of drug-likeness (QED) is 0.674. The molecule has 0 aromatic heterocycles. The van der Waals surface area contributed by atoms with Crippen LogP contribution in [0.3, 0.4) is 0 Å². The summed E-state index contributed by atoms with van der Waals surface area (Å²) in [5.74, 6) is 0.888. The van der Waals surface area contributed by atoms with Gasteiger partial charge in [0, 0.05) is 39.1 Å². The minimum absolute atomic E-state index is 0.0900. The van der Waals surface area contributed by atoms with Crippen LogP contribution in [0.15, 0.2) is 0 Å². The molecule has 6 heteroatoms. The molecule has 6 nitrogen and oxygen atoms in total. The zero-order chi connectivity index (χ0) is 14.4. The van der Waals surface area contributed by atoms with E-state index >= 15 is 0 Å². The molecule has 2 fully saturated rings. The van der Waals surface area contributed by atoms with Crippen molar-refractivity contribution in [1.29, 1.82) is 0 Å². The summed E-state index contributed by atoms with van der Waals surface area (Å²) in [6.07, 6.45) is 1.63. The van der Waals surface area contributed by atoms with Gasteiger partial charge in [-0.05, 0) is 25.4 Å². The lowest BCUT2D eigenvalue weighted by atomic mass is 9.98. The standard InChI is InChI=1S/C14H26N4O2/c1-2-3-16-13(19)11-17-4-6-18(7-5-17)14(20)8-12-9-15-10-12/h12,15H,2-11H2,1H3,(H,16,19). The van der Waals surface area contributed by atoms with E-state index in [1.54, 1.807) is 0 Å². The third-order valence-electron chi connectivity index (χ3n) is 3.99. The van der Waals surface area contributed by atoms with Crippen molar-refractivity contribution in [3.63, 3.8) is 0 Å². The summed E-state index contributed by atoms with van der Waals surface area (Å²) in [7, 11) is 0. The predicted octanol–water partition coefficient (Wildman–Crippen LogP) is -0.734. The van der Waals surface area contributed by atoms with Gasteiger partial charge in [0.1, 0.15) is 0 Å². The molecule has 0 unspecified atom stereocenters. The number of amides is 2. The van der Waals surface area contributed by atoms with Crippen LogP contribution >= 0.6 is 0 Å². The second-order valence-electron chi connectivity index (χ2n) is 5.74. The van der Waals surface area contributed by atoms with Crippen molar-refractivity contribution in [2.75, 3.05) is 52.4 Å². The molecule has 0 bridgehead atoms. The Morgan fingerprint density at radius 2 is 1.90 bits per heavy atom. The van der Waals surface area contributed by atoms with Crippen LogP contribution in [0.2, 0.25) is 0 Å². The number of nitrogens with one attached hydrogen (secondary N) is 2. The molecule has 2 saturated heterocycles. The fourth-order valence-electron chi connectivity index (χ4n) is 2.55. The summed E-state index contributed by atoms with van der Waals surface area (Å²) in [4.78, 5) is 27.8. The molecule has 0 aromatic carbocycles. The van der Waals surface area contributed by atoms with E-state index in [-0.39, 0.29) is 11.8 Å². The molecule has 0 radical (unpaired) electrons. The average molecular weight is 282 g/mol. The number of carbonyl (C=O) groups is 2. The Labute approximate surface area is 120 Å². The van der Waals surface area contributed by atoms with Crippen LogP contribution in [0.25, 0.3) is 0 Å². The SMILES string of the molecule is CCCNC(=O)CN1CCN(C(=O)CC2CNC2)CC1. The van der Waals surface area contributed by atoms with Gasteiger partial charge in [-0.2, -0.15) is 0 Å². The minimum atomic E-state index is 0.0900. The summed E-state index contributed by atoms with van der Waals surface area (Å²) < 4.78 is 0. The monoisotopic (exact) mass is 282 g/mol. The van der Waals surface area contributed by atoms with Crippen molar-refractivity contribution in [2.24, 2.45) is 5.92 Å². The van der Waals surface area contributed by atoms with Crippen LogP contribution < -0.4 is 10.6 Å². The molecule has 20 heavy (non-hydrogen) atoms. The van der Waals surface area contributed by atoms with Crippen LogP contribution in [0.4, 0.5) is 0 Å². The molecule has 0 spiro atoms. The summed E-state index contributed by atoms with van der Waals surface area (Å²) in [6.45, 7) is 8.29. The summed E-state index contributed by atoms with van der Waals surface area (Å²) in [5, 5.41) is 6.08. The first kappa shape index (κ1) is 15.3. The minimum Gasteiger partial charge on any atom is -0.355 e. The third-order valence-corrected chi connectivity index (χ3v) is 3.99. The molecule has 0 aliphatic carbocycles. The topological polar surface area (TPSA) is 64.7 Å². The van der Waals surface area contributed by atoms with Crippen LogP contribution in [0, 0.1) is 5.92 Å². The maximum absolute atomic E-state index is 12.1. The van der Waals surface area contributed by atoms with E-state index in [1.807, 2.05) is 11.8 Å². The van der Waals surface area contributed by atoms with Crippen molar-refractivity contribution < 1.29 is 9.59 Å². The van der Waals surface area contributed by atoms with Crippen LogP contribution in [-0.4, -0.2) is 74.0 Å². The van der Waals surface area contributed by atoms with E-state index in [9.17, 15) is 9.59 Å². The molecule has 2 amide bonds. The molecular weight excluding hydrogens is 256 g/mol. The molecule has 0 saturated carbocycles. The van der Waals surface area contributed by atoms with Gasteiger partial charge in [-0.25, -0.2) is 0 Å². The second kappa shape index (κ2) is 7.59. The smallest absolute Gasteiger partial charge is 0.234 e. The van der Waals surface area contributed by atoms with Crippen molar-refractivity contribution in [1.82, 2.24) is 20.4 Å². The van der Waals surface area contributed by atoms with Crippen LogP contribution in [0.1, 0.15) is 19.8 Å². The van der Waals surface area contributed by atoms with Gasteiger partial charge in [-0.15, -0.1) is 0 Å². The zero-order valence-electron chi connectivity index (χ0n) is 12.4. The van der Waals surface area contributed by atoms with Crippen molar-refractivity contribution >= 4 is 11.8 Å². The van der Waals surface area contributed by atoms with Gasteiger partial charge in [0.05, 0.1) is 6.54 Å². The van der Waals surface area contributed by atoms with Crippen molar-refractivity contribution in [3.05, 3.63) is 0 Å². The molecule has 0 aromatic rings. The molecule has 114 valence electrons. The zero-order valence-corrected chi connectivity index (χ0v) is 12.4. The Morgan fingerprint density at radius 1 is 1.20 bits per heavy atom. The Morgan fingerprint density at radius 3 is 2.45 bits per heavy atom. The molecule has 2 N–H and O–H groups in total. The first-order valence-electron chi connectivity index (χ1n) is 7.66. The Hall–Kier alpha value is -1.14. The number of carbonyl (C=O) groups excluding carboxylic acids is 2. The van der Waals surface area contributed by atoms with E-state index in [4.69, 9.17) is 0 Å². The van der Waals surface area contributed by atoms with E-state index in [2.05, 4.69) is 15.5 Å². The fraction of sp³-hybridized carbons (Fsp3) is 0.857. The van der Waals surface area contributed by atoms with E-state index < -0.39 is 0 Å².